The van der Waals surface area contributed by atoms with Gasteiger partial charge in [0.1, 0.15) is 0 Å². The summed E-state index contributed by atoms with van der Waals surface area (Å²) in [5, 5.41) is 3.73. The standard InChI is InChI=1S/C43H27N3S2/c47-38-19-8-5-15-32(38)30-13-10-14-31(25-30)37-26-36(27-11-2-1-3-12-27)45-43(46-37)29-23-21-28(22-24-29)41-42-40(33-16-4-7-18-35(33)44-41)34-17-6-9-20-39(34)48-42/h1-26,47H. The van der Waals surface area contributed by atoms with Gasteiger partial charge in [-0.1, -0.05) is 127 Å². The Morgan fingerprint density at radius 1 is 0.458 bits per heavy atom. The molecule has 0 spiro atoms. The van der Waals surface area contributed by atoms with E-state index in [4.69, 9.17) is 27.6 Å². The lowest BCUT2D eigenvalue weighted by molar-refractivity contribution is 1.18. The van der Waals surface area contributed by atoms with Gasteiger partial charge in [-0.2, -0.15) is 0 Å². The van der Waals surface area contributed by atoms with Crippen LogP contribution in [0, 0.1) is 0 Å². The van der Waals surface area contributed by atoms with E-state index in [2.05, 4.69) is 121 Å². The highest BCUT2D eigenvalue weighted by atomic mass is 32.1. The van der Waals surface area contributed by atoms with Crippen LogP contribution in [0.1, 0.15) is 0 Å². The average molecular weight is 650 g/mol. The second kappa shape index (κ2) is 11.9. The molecule has 0 aliphatic heterocycles. The first-order valence-corrected chi connectivity index (χ1v) is 17.1. The van der Waals surface area contributed by atoms with E-state index in [0.717, 1.165) is 60.9 Å². The third-order valence-corrected chi connectivity index (χ3v) is 10.4. The van der Waals surface area contributed by atoms with E-state index in [1.807, 2.05) is 36.4 Å². The molecule has 0 saturated carbocycles. The van der Waals surface area contributed by atoms with Crippen molar-refractivity contribution in [3.8, 4) is 56.3 Å². The van der Waals surface area contributed by atoms with Crippen molar-refractivity contribution in [3.05, 3.63) is 158 Å². The van der Waals surface area contributed by atoms with E-state index in [9.17, 15) is 0 Å². The molecule has 0 aliphatic rings. The van der Waals surface area contributed by atoms with Gasteiger partial charge in [0.25, 0.3) is 0 Å². The van der Waals surface area contributed by atoms with E-state index in [-0.39, 0.29) is 0 Å². The fraction of sp³-hybridized carbons (Fsp3) is 0. The first-order valence-electron chi connectivity index (χ1n) is 15.8. The van der Waals surface area contributed by atoms with Gasteiger partial charge in [0.15, 0.2) is 5.82 Å². The summed E-state index contributed by atoms with van der Waals surface area (Å²) in [4.78, 5) is 16.3. The molecule has 3 aromatic heterocycles. The van der Waals surface area contributed by atoms with Gasteiger partial charge in [0.05, 0.1) is 27.3 Å². The van der Waals surface area contributed by atoms with Crippen molar-refractivity contribution in [2.24, 2.45) is 0 Å². The Labute approximate surface area is 287 Å². The molecule has 5 heteroatoms. The van der Waals surface area contributed by atoms with Gasteiger partial charge in [-0.3, -0.25) is 0 Å². The van der Waals surface area contributed by atoms with Crippen LogP contribution in [0.15, 0.2) is 163 Å². The molecule has 9 aromatic rings. The van der Waals surface area contributed by atoms with Crippen LogP contribution in [0.4, 0.5) is 0 Å². The normalized spacial score (nSPS) is 11.4. The number of hydrogen-bond acceptors (Lipinski definition) is 5. The van der Waals surface area contributed by atoms with Gasteiger partial charge < -0.3 is 0 Å². The predicted molar refractivity (Wildman–Crippen MR) is 205 cm³/mol. The summed E-state index contributed by atoms with van der Waals surface area (Å²) in [6, 6.07) is 54.6. The van der Waals surface area contributed by atoms with Crippen molar-refractivity contribution in [2.45, 2.75) is 4.90 Å². The molecule has 0 N–H and O–H groups in total. The van der Waals surface area contributed by atoms with Gasteiger partial charge in [0.2, 0.25) is 0 Å². The Morgan fingerprint density at radius 2 is 1.10 bits per heavy atom. The molecule has 226 valence electrons. The van der Waals surface area contributed by atoms with Gasteiger partial charge in [-0.25, -0.2) is 15.0 Å². The van der Waals surface area contributed by atoms with Crippen LogP contribution in [-0.4, -0.2) is 15.0 Å². The van der Waals surface area contributed by atoms with Crippen molar-refractivity contribution in [1.29, 1.82) is 0 Å². The molecule has 3 heterocycles. The largest absolute Gasteiger partial charge is 0.246 e. The van der Waals surface area contributed by atoms with Crippen LogP contribution >= 0.6 is 24.0 Å². The molecule has 9 rings (SSSR count). The molecule has 0 radical (unpaired) electrons. The van der Waals surface area contributed by atoms with Gasteiger partial charge in [0, 0.05) is 48.0 Å². The maximum atomic E-state index is 5.19. The van der Waals surface area contributed by atoms with Crippen LogP contribution < -0.4 is 0 Å². The van der Waals surface area contributed by atoms with Crippen LogP contribution in [0.25, 0.3) is 87.4 Å². The van der Waals surface area contributed by atoms with E-state index < -0.39 is 0 Å². The zero-order chi connectivity index (χ0) is 32.0. The number of thiol groups is 1. The number of para-hydroxylation sites is 1. The average Bonchev–Trinajstić information content (AvgIpc) is 3.55. The Hall–Kier alpha value is -5.62. The number of hydrogen-bond donors (Lipinski definition) is 1. The molecule has 0 unspecified atom stereocenters. The number of rotatable bonds is 5. The third-order valence-electron chi connectivity index (χ3n) is 8.80. The highest BCUT2D eigenvalue weighted by Crippen LogP contribution is 2.43. The molecule has 0 atom stereocenters. The molecule has 0 aliphatic carbocycles. The Morgan fingerprint density at radius 3 is 1.94 bits per heavy atom. The maximum absolute atomic E-state index is 5.19. The van der Waals surface area contributed by atoms with Crippen molar-refractivity contribution in [3.63, 3.8) is 0 Å². The van der Waals surface area contributed by atoms with E-state index in [1.54, 1.807) is 11.3 Å². The minimum Gasteiger partial charge on any atom is -0.246 e. The molecular weight excluding hydrogens is 623 g/mol. The summed E-state index contributed by atoms with van der Waals surface area (Å²) in [7, 11) is 0. The lowest BCUT2D eigenvalue weighted by atomic mass is 10.00. The predicted octanol–water partition coefficient (Wildman–Crippen LogP) is 12.0. The van der Waals surface area contributed by atoms with E-state index in [0.29, 0.717) is 5.82 Å². The molecule has 6 aromatic carbocycles. The van der Waals surface area contributed by atoms with Crippen molar-refractivity contribution >= 4 is 55.0 Å². The number of fused-ring (bicyclic) bond motifs is 5. The molecular formula is C43H27N3S2. The number of nitrogens with zero attached hydrogens (tertiary/aromatic N) is 3. The highest BCUT2D eigenvalue weighted by molar-refractivity contribution is 7.80. The SMILES string of the molecule is Sc1ccccc1-c1cccc(-c2cc(-c3ccccc3)nc(-c3ccc(-c4nc5ccccc5c5c4sc4ccccc45)cc3)n2)c1. The third kappa shape index (κ3) is 5.05. The summed E-state index contributed by atoms with van der Waals surface area (Å²) in [5.41, 5.74) is 10.0. The van der Waals surface area contributed by atoms with Crippen molar-refractivity contribution in [1.82, 2.24) is 15.0 Å². The molecule has 0 fully saturated rings. The maximum Gasteiger partial charge on any atom is 0.160 e. The summed E-state index contributed by atoms with van der Waals surface area (Å²) < 4.78 is 2.47. The van der Waals surface area contributed by atoms with Crippen LogP contribution in [-0.2, 0) is 0 Å². The first-order chi connectivity index (χ1) is 23.7. The smallest absolute Gasteiger partial charge is 0.160 e. The Bertz CT molecular complexity index is 2630. The van der Waals surface area contributed by atoms with Crippen molar-refractivity contribution in [2.75, 3.05) is 0 Å². The lowest BCUT2D eigenvalue weighted by Gasteiger charge is -2.12. The second-order valence-corrected chi connectivity index (χ2v) is 13.3. The second-order valence-electron chi connectivity index (χ2n) is 11.8. The number of aromatic nitrogens is 3. The number of thiophene rings is 1. The van der Waals surface area contributed by atoms with Gasteiger partial charge in [-0.15, -0.1) is 24.0 Å². The van der Waals surface area contributed by atoms with Crippen LogP contribution in [0.2, 0.25) is 0 Å². The minimum atomic E-state index is 0.677. The molecule has 0 saturated heterocycles. The zero-order valence-electron chi connectivity index (χ0n) is 25.7. The summed E-state index contributed by atoms with van der Waals surface area (Å²) in [6.45, 7) is 0. The van der Waals surface area contributed by atoms with Crippen LogP contribution in [0.3, 0.4) is 0 Å². The molecule has 0 amide bonds. The quantitative estimate of drug-likeness (QED) is 0.189. The van der Waals surface area contributed by atoms with Crippen LogP contribution in [0.5, 0.6) is 0 Å². The van der Waals surface area contributed by atoms with Crippen molar-refractivity contribution < 1.29 is 0 Å². The fourth-order valence-corrected chi connectivity index (χ4v) is 7.97. The fourth-order valence-electron chi connectivity index (χ4n) is 6.45. The molecule has 48 heavy (non-hydrogen) atoms. The topological polar surface area (TPSA) is 38.7 Å². The lowest BCUT2D eigenvalue weighted by Crippen LogP contribution is -1.96. The summed E-state index contributed by atoms with van der Waals surface area (Å²) >= 11 is 6.52. The summed E-state index contributed by atoms with van der Waals surface area (Å²) in [5.74, 6) is 0.677. The first kappa shape index (κ1) is 28.6. The monoisotopic (exact) mass is 649 g/mol. The zero-order valence-corrected chi connectivity index (χ0v) is 27.4. The Balaban J connectivity index is 1.17. The highest BCUT2D eigenvalue weighted by Gasteiger charge is 2.17. The number of benzene rings is 6. The van der Waals surface area contributed by atoms with Gasteiger partial charge in [-0.05, 0) is 41.5 Å². The van der Waals surface area contributed by atoms with E-state index >= 15 is 0 Å². The summed E-state index contributed by atoms with van der Waals surface area (Å²) in [6.07, 6.45) is 0. The van der Waals surface area contributed by atoms with E-state index in [1.165, 1.54) is 25.6 Å². The Kier molecular flexibility index (Phi) is 7.07. The minimum absolute atomic E-state index is 0.677. The number of pyridine rings is 1. The molecule has 0 bridgehead atoms. The molecule has 3 nitrogen and oxygen atoms in total. The van der Waals surface area contributed by atoms with Gasteiger partial charge >= 0.3 is 0 Å².